The molecule has 4 rings (SSSR count). The van der Waals surface area contributed by atoms with Gasteiger partial charge < -0.3 is 19.1 Å². The van der Waals surface area contributed by atoms with E-state index in [1.807, 2.05) is 35.6 Å². The maximum Gasteiger partial charge on any atom is 0.270 e. The normalized spacial score (nSPS) is 20.9. The topological polar surface area (TPSA) is 54.8 Å². The van der Waals surface area contributed by atoms with Gasteiger partial charge in [-0.05, 0) is 44.4 Å². The predicted molar refractivity (Wildman–Crippen MR) is 104 cm³/mol. The lowest BCUT2D eigenvalue weighted by atomic mass is 10.1. The van der Waals surface area contributed by atoms with Crippen molar-refractivity contribution >= 4 is 22.7 Å². The highest BCUT2D eigenvalue weighted by Crippen LogP contribution is 2.22. The Labute approximate surface area is 159 Å². The maximum absolute atomic E-state index is 13.1. The van der Waals surface area contributed by atoms with Gasteiger partial charge in [0.25, 0.3) is 11.8 Å². The first-order valence-electron chi connectivity index (χ1n) is 9.80. The third-order valence-electron chi connectivity index (χ3n) is 5.71. The fraction of sp³-hybridized carbons (Fsp3) is 0.524. The lowest BCUT2D eigenvalue weighted by Gasteiger charge is -2.36. The molecule has 1 atom stereocenters. The first-order chi connectivity index (χ1) is 13.0. The molecular weight excluding hydrogens is 342 g/mol. The van der Waals surface area contributed by atoms with Crippen LogP contribution in [0, 0.1) is 6.92 Å². The summed E-state index contributed by atoms with van der Waals surface area (Å²) in [6.45, 7) is 4.90. The molecule has 0 unspecified atom stereocenters. The Morgan fingerprint density at radius 3 is 2.59 bits per heavy atom. The van der Waals surface area contributed by atoms with E-state index in [2.05, 4.69) is 12.1 Å². The van der Waals surface area contributed by atoms with Crippen molar-refractivity contribution in [2.24, 2.45) is 7.05 Å². The van der Waals surface area contributed by atoms with Crippen molar-refractivity contribution in [1.29, 1.82) is 0 Å². The number of aromatic nitrogens is 1. The number of nitrogens with zero attached hydrogens (tertiary/aromatic N) is 3. The summed E-state index contributed by atoms with van der Waals surface area (Å²) >= 11 is 0. The molecule has 3 heterocycles. The van der Waals surface area contributed by atoms with Gasteiger partial charge in [0.15, 0.2) is 6.10 Å². The molecule has 2 amide bonds. The first-order valence-corrected chi connectivity index (χ1v) is 9.80. The molecule has 144 valence electrons. The quantitative estimate of drug-likeness (QED) is 0.816. The highest BCUT2D eigenvalue weighted by atomic mass is 16.5. The lowest BCUT2D eigenvalue weighted by molar-refractivity contribution is -0.149. The molecule has 0 spiro atoms. The highest BCUT2D eigenvalue weighted by Gasteiger charge is 2.33. The van der Waals surface area contributed by atoms with E-state index in [1.54, 1.807) is 4.90 Å². The summed E-state index contributed by atoms with van der Waals surface area (Å²) in [5.74, 6) is -0.00837. The molecule has 2 aromatic rings. The van der Waals surface area contributed by atoms with Crippen molar-refractivity contribution < 1.29 is 14.3 Å². The number of hydrogen-bond donors (Lipinski definition) is 0. The van der Waals surface area contributed by atoms with E-state index < -0.39 is 6.10 Å². The molecule has 6 nitrogen and oxygen atoms in total. The number of carbonyl (C=O) groups excluding carboxylic acids is 2. The first kappa shape index (κ1) is 18.0. The average molecular weight is 369 g/mol. The van der Waals surface area contributed by atoms with E-state index >= 15 is 0 Å². The average Bonchev–Trinajstić information content (AvgIpc) is 3.03. The summed E-state index contributed by atoms with van der Waals surface area (Å²) in [6, 6.07) is 8.14. The van der Waals surface area contributed by atoms with Gasteiger partial charge in [0.05, 0.1) is 13.2 Å². The number of ether oxygens (including phenoxy) is 1. The molecule has 27 heavy (non-hydrogen) atoms. The van der Waals surface area contributed by atoms with Gasteiger partial charge in [-0.3, -0.25) is 9.59 Å². The predicted octanol–water partition coefficient (Wildman–Crippen LogP) is 2.34. The monoisotopic (exact) mass is 369 g/mol. The molecule has 0 bridgehead atoms. The van der Waals surface area contributed by atoms with Gasteiger partial charge in [-0.15, -0.1) is 0 Å². The van der Waals surface area contributed by atoms with Crippen LogP contribution in [-0.2, 0) is 16.6 Å². The Morgan fingerprint density at radius 1 is 1.04 bits per heavy atom. The minimum absolute atomic E-state index is 0.0277. The Kier molecular flexibility index (Phi) is 4.91. The van der Waals surface area contributed by atoms with Crippen LogP contribution in [0.4, 0.5) is 0 Å². The van der Waals surface area contributed by atoms with Crippen LogP contribution in [0.2, 0.25) is 0 Å². The number of morpholine rings is 1. The third-order valence-corrected chi connectivity index (χ3v) is 5.71. The second kappa shape index (κ2) is 7.35. The van der Waals surface area contributed by atoms with E-state index in [1.165, 1.54) is 12.0 Å². The molecule has 0 saturated carbocycles. The van der Waals surface area contributed by atoms with Crippen LogP contribution < -0.4 is 0 Å². The van der Waals surface area contributed by atoms with E-state index in [9.17, 15) is 9.59 Å². The van der Waals surface area contributed by atoms with Crippen LogP contribution in [0.1, 0.15) is 35.3 Å². The van der Waals surface area contributed by atoms with Crippen molar-refractivity contribution in [3.05, 3.63) is 35.5 Å². The number of carbonyl (C=O) groups is 2. The van der Waals surface area contributed by atoms with Gasteiger partial charge in [0.1, 0.15) is 5.69 Å². The molecule has 0 aliphatic carbocycles. The van der Waals surface area contributed by atoms with Crippen molar-refractivity contribution in [2.75, 3.05) is 32.8 Å². The van der Waals surface area contributed by atoms with E-state index in [0.29, 0.717) is 25.4 Å². The summed E-state index contributed by atoms with van der Waals surface area (Å²) in [7, 11) is 1.92. The fourth-order valence-electron chi connectivity index (χ4n) is 4.14. The maximum atomic E-state index is 13.1. The third kappa shape index (κ3) is 3.46. The molecule has 0 radical (unpaired) electrons. The molecule has 2 saturated heterocycles. The van der Waals surface area contributed by atoms with Crippen molar-refractivity contribution in [2.45, 2.75) is 32.3 Å². The summed E-state index contributed by atoms with van der Waals surface area (Å²) in [6.07, 6.45) is 2.74. The second-order valence-corrected chi connectivity index (χ2v) is 7.65. The number of likely N-dealkylation sites (tertiary alicyclic amines) is 1. The summed E-state index contributed by atoms with van der Waals surface area (Å²) in [4.78, 5) is 29.6. The van der Waals surface area contributed by atoms with Gasteiger partial charge >= 0.3 is 0 Å². The Hall–Kier alpha value is -2.34. The Bertz CT molecular complexity index is 867. The van der Waals surface area contributed by atoms with Crippen LogP contribution in [0.3, 0.4) is 0 Å². The standard InChI is InChI=1S/C21H27N3O3/c1-15-6-7-17-16(12-15)13-18(22(17)2)20(25)24-10-11-27-19(14-24)21(26)23-8-4-3-5-9-23/h6-7,12-13,19H,3-5,8-11,14H2,1-2H3/t19-/m1/s1. The molecule has 1 aromatic carbocycles. The molecule has 2 aliphatic heterocycles. The molecular formula is C21H27N3O3. The van der Waals surface area contributed by atoms with Crippen molar-refractivity contribution in [3.63, 3.8) is 0 Å². The molecule has 2 aliphatic rings. The molecule has 0 N–H and O–H groups in total. The van der Waals surface area contributed by atoms with E-state index in [4.69, 9.17) is 4.74 Å². The number of hydrogen-bond acceptors (Lipinski definition) is 3. The fourth-order valence-corrected chi connectivity index (χ4v) is 4.14. The Balaban J connectivity index is 1.52. The minimum atomic E-state index is -0.544. The largest absolute Gasteiger partial charge is 0.365 e. The zero-order chi connectivity index (χ0) is 19.0. The van der Waals surface area contributed by atoms with Gasteiger partial charge in [0.2, 0.25) is 0 Å². The minimum Gasteiger partial charge on any atom is -0.365 e. The Morgan fingerprint density at radius 2 is 1.81 bits per heavy atom. The smallest absolute Gasteiger partial charge is 0.270 e. The summed E-state index contributed by atoms with van der Waals surface area (Å²) in [5.41, 5.74) is 2.87. The number of aryl methyl sites for hydroxylation is 2. The van der Waals surface area contributed by atoms with Crippen molar-refractivity contribution in [1.82, 2.24) is 14.4 Å². The van der Waals surface area contributed by atoms with Crippen LogP contribution in [0.25, 0.3) is 10.9 Å². The van der Waals surface area contributed by atoms with Crippen molar-refractivity contribution in [3.8, 4) is 0 Å². The number of rotatable bonds is 2. The van der Waals surface area contributed by atoms with Gasteiger partial charge in [-0.25, -0.2) is 0 Å². The van der Waals surface area contributed by atoms with Crippen LogP contribution in [0.15, 0.2) is 24.3 Å². The van der Waals surface area contributed by atoms with E-state index in [-0.39, 0.29) is 11.8 Å². The van der Waals surface area contributed by atoms with Crippen LogP contribution in [-0.4, -0.2) is 65.1 Å². The summed E-state index contributed by atoms with van der Waals surface area (Å²) < 4.78 is 7.66. The highest BCUT2D eigenvalue weighted by molar-refractivity contribution is 5.99. The molecule has 2 fully saturated rings. The second-order valence-electron chi connectivity index (χ2n) is 7.65. The van der Waals surface area contributed by atoms with Gasteiger partial charge in [0, 0.05) is 37.6 Å². The van der Waals surface area contributed by atoms with E-state index in [0.717, 1.165) is 36.8 Å². The lowest BCUT2D eigenvalue weighted by Crippen LogP contribution is -2.53. The molecule has 1 aromatic heterocycles. The van der Waals surface area contributed by atoms with Crippen LogP contribution >= 0.6 is 0 Å². The summed E-state index contributed by atoms with van der Waals surface area (Å²) in [5, 5.41) is 1.06. The van der Waals surface area contributed by atoms with Crippen LogP contribution in [0.5, 0.6) is 0 Å². The molecule has 6 heteroatoms. The number of benzene rings is 1. The number of fused-ring (bicyclic) bond motifs is 1. The zero-order valence-electron chi connectivity index (χ0n) is 16.1. The SMILES string of the molecule is Cc1ccc2c(c1)cc(C(=O)N1CCO[C@@H](C(=O)N3CCCCC3)C1)n2C. The number of amides is 2. The number of piperidine rings is 1. The van der Waals surface area contributed by atoms with Gasteiger partial charge in [-0.2, -0.15) is 0 Å². The van der Waals surface area contributed by atoms with Gasteiger partial charge in [-0.1, -0.05) is 11.6 Å². The zero-order valence-corrected chi connectivity index (χ0v) is 16.1.